The highest BCUT2D eigenvalue weighted by Crippen LogP contribution is 2.23. The van der Waals surface area contributed by atoms with Crippen LogP contribution >= 0.6 is 0 Å². The first-order valence-electron chi connectivity index (χ1n) is 7.30. The predicted octanol–water partition coefficient (Wildman–Crippen LogP) is 1.76. The molecular formula is C16H24N2O2. The van der Waals surface area contributed by atoms with Crippen molar-refractivity contribution in [2.45, 2.75) is 32.4 Å². The first kappa shape index (κ1) is 15.0. The molecule has 2 atom stereocenters. The minimum absolute atomic E-state index is 0.0681. The van der Waals surface area contributed by atoms with Crippen LogP contribution in [0.25, 0.3) is 0 Å². The molecule has 110 valence electrons. The van der Waals surface area contributed by atoms with Gasteiger partial charge in [-0.3, -0.25) is 4.79 Å². The highest BCUT2D eigenvalue weighted by Gasteiger charge is 2.30. The zero-order chi connectivity index (χ0) is 14.5. The van der Waals surface area contributed by atoms with Crippen molar-refractivity contribution in [2.75, 3.05) is 26.7 Å². The number of carbonyl (C=O) groups excluding carboxylic acids is 1. The van der Waals surface area contributed by atoms with Gasteiger partial charge in [-0.1, -0.05) is 31.2 Å². The van der Waals surface area contributed by atoms with Crippen molar-refractivity contribution < 1.29 is 9.53 Å². The lowest BCUT2D eigenvalue weighted by molar-refractivity contribution is -0.144. The molecule has 1 fully saturated rings. The number of nitrogens with one attached hydrogen (secondary N) is 1. The fourth-order valence-electron chi connectivity index (χ4n) is 2.58. The molecule has 1 aliphatic rings. The summed E-state index contributed by atoms with van der Waals surface area (Å²) in [6.07, 6.45) is 0.650. The normalized spacial score (nSPS) is 20.8. The van der Waals surface area contributed by atoms with Gasteiger partial charge in [0.1, 0.15) is 6.10 Å². The largest absolute Gasteiger partial charge is 0.372 e. The van der Waals surface area contributed by atoms with E-state index >= 15 is 0 Å². The van der Waals surface area contributed by atoms with Crippen molar-refractivity contribution in [3.63, 3.8) is 0 Å². The molecule has 1 saturated heterocycles. The van der Waals surface area contributed by atoms with Crippen molar-refractivity contribution in [1.82, 2.24) is 10.2 Å². The number of aryl methyl sites for hydroxylation is 1. The van der Waals surface area contributed by atoms with E-state index < -0.39 is 0 Å². The molecule has 0 bridgehead atoms. The van der Waals surface area contributed by atoms with Crippen molar-refractivity contribution in [2.24, 2.45) is 0 Å². The van der Waals surface area contributed by atoms with Gasteiger partial charge in [-0.05, 0) is 24.5 Å². The van der Waals surface area contributed by atoms with E-state index in [-0.39, 0.29) is 18.1 Å². The standard InChI is InChI=1S/C16H24N2O2/c1-4-13-5-7-14(8-6-13)15-11-17-9-10-18(15)16(19)12(2)20-3/h5-8,12,15,17H,4,9-11H2,1-3H3. The van der Waals surface area contributed by atoms with E-state index in [1.54, 1.807) is 7.11 Å². The molecule has 0 saturated carbocycles. The summed E-state index contributed by atoms with van der Waals surface area (Å²) in [7, 11) is 1.58. The molecule has 1 amide bonds. The van der Waals surface area contributed by atoms with E-state index in [1.807, 2.05) is 11.8 Å². The Kier molecular flexibility index (Phi) is 5.15. The molecular weight excluding hydrogens is 252 g/mol. The maximum absolute atomic E-state index is 12.4. The van der Waals surface area contributed by atoms with E-state index in [4.69, 9.17) is 4.74 Å². The molecule has 0 aromatic heterocycles. The highest BCUT2D eigenvalue weighted by atomic mass is 16.5. The van der Waals surface area contributed by atoms with Crippen LogP contribution in [0.2, 0.25) is 0 Å². The van der Waals surface area contributed by atoms with Gasteiger partial charge in [0.2, 0.25) is 0 Å². The minimum Gasteiger partial charge on any atom is -0.372 e. The van der Waals surface area contributed by atoms with Crippen molar-refractivity contribution >= 4 is 5.91 Å². The van der Waals surface area contributed by atoms with Gasteiger partial charge < -0.3 is 15.0 Å². The van der Waals surface area contributed by atoms with Crippen LogP contribution in [0.5, 0.6) is 0 Å². The first-order chi connectivity index (χ1) is 9.67. The smallest absolute Gasteiger partial charge is 0.251 e. The number of carbonyl (C=O) groups is 1. The number of hydrogen-bond acceptors (Lipinski definition) is 3. The average molecular weight is 276 g/mol. The number of amides is 1. The van der Waals surface area contributed by atoms with Crippen LogP contribution in [0.15, 0.2) is 24.3 Å². The summed E-state index contributed by atoms with van der Waals surface area (Å²) >= 11 is 0. The zero-order valence-electron chi connectivity index (χ0n) is 12.6. The van der Waals surface area contributed by atoms with Crippen LogP contribution in [0, 0.1) is 0 Å². The predicted molar refractivity (Wildman–Crippen MR) is 79.6 cm³/mol. The molecule has 2 unspecified atom stereocenters. The van der Waals surface area contributed by atoms with E-state index in [0.717, 1.165) is 26.1 Å². The van der Waals surface area contributed by atoms with Crippen molar-refractivity contribution in [3.05, 3.63) is 35.4 Å². The maximum Gasteiger partial charge on any atom is 0.251 e. The number of piperazine rings is 1. The lowest BCUT2D eigenvalue weighted by Gasteiger charge is -2.37. The molecule has 20 heavy (non-hydrogen) atoms. The summed E-state index contributed by atoms with van der Waals surface area (Å²) in [5.74, 6) is 0.0681. The Morgan fingerprint density at radius 2 is 2.15 bits per heavy atom. The number of hydrogen-bond donors (Lipinski definition) is 1. The lowest BCUT2D eigenvalue weighted by Crippen LogP contribution is -2.51. The first-order valence-corrected chi connectivity index (χ1v) is 7.30. The second-order valence-corrected chi connectivity index (χ2v) is 5.22. The third-order valence-corrected chi connectivity index (χ3v) is 4.00. The van der Waals surface area contributed by atoms with E-state index in [9.17, 15) is 4.79 Å². The summed E-state index contributed by atoms with van der Waals surface area (Å²) in [4.78, 5) is 14.3. The van der Waals surface area contributed by atoms with Gasteiger partial charge in [0, 0.05) is 26.7 Å². The highest BCUT2D eigenvalue weighted by molar-refractivity contribution is 5.81. The average Bonchev–Trinajstić information content (AvgIpc) is 2.53. The summed E-state index contributed by atoms with van der Waals surface area (Å²) in [5, 5.41) is 3.37. The molecule has 1 heterocycles. The number of nitrogens with zero attached hydrogens (tertiary/aromatic N) is 1. The number of rotatable bonds is 4. The summed E-state index contributed by atoms with van der Waals surface area (Å²) in [5.41, 5.74) is 2.51. The van der Waals surface area contributed by atoms with Crippen LogP contribution in [-0.4, -0.2) is 43.7 Å². The topological polar surface area (TPSA) is 41.6 Å². The van der Waals surface area contributed by atoms with E-state index in [1.165, 1.54) is 11.1 Å². The molecule has 2 rings (SSSR count). The molecule has 4 heteroatoms. The minimum atomic E-state index is -0.384. The lowest BCUT2D eigenvalue weighted by atomic mass is 10.0. The molecule has 0 spiro atoms. The quantitative estimate of drug-likeness (QED) is 0.911. The number of methoxy groups -OCH3 is 1. The molecule has 1 aromatic carbocycles. The third kappa shape index (κ3) is 3.19. The van der Waals surface area contributed by atoms with Gasteiger partial charge in [-0.15, -0.1) is 0 Å². The Morgan fingerprint density at radius 1 is 1.45 bits per heavy atom. The van der Waals surface area contributed by atoms with Crippen LogP contribution in [0.3, 0.4) is 0 Å². The Hall–Kier alpha value is -1.39. The molecule has 4 nitrogen and oxygen atoms in total. The fraction of sp³-hybridized carbons (Fsp3) is 0.562. The molecule has 0 radical (unpaired) electrons. The molecule has 0 aliphatic carbocycles. The Balaban J connectivity index is 2.19. The SMILES string of the molecule is CCc1ccc(C2CNCCN2C(=O)C(C)OC)cc1. The van der Waals surface area contributed by atoms with Crippen LogP contribution in [0.4, 0.5) is 0 Å². The zero-order valence-corrected chi connectivity index (χ0v) is 12.6. The second-order valence-electron chi connectivity index (χ2n) is 5.22. The second kappa shape index (κ2) is 6.86. The Bertz CT molecular complexity index is 444. The van der Waals surface area contributed by atoms with Gasteiger partial charge in [0.05, 0.1) is 6.04 Å². The molecule has 1 aromatic rings. The number of benzene rings is 1. The fourth-order valence-corrected chi connectivity index (χ4v) is 2.58. The van der Waals surface area contributed by atoms with Gasteiger partial charge in [0.25, 0.3) is 5.91 Å². The van der Waals surface area contributed by atoms with E-state index in [0.29, 0.717) is 0 Å². The van der Waals surface area contributed by atoms with Gasteiger partial charge in [-0.2, -0.15) is 0 Å². The Morgan fingerprint density at radius 3 is 2.75 bits per heavy atom. The summed E-state index contributed by atoms with van der Waals surface area (Å²) in [6, 6.07) is 8.65. The van der Waals surface area contributed by atoms with Gasteiger partial charge in [0.15, 0.2) is 0 Å². The summed E-state index contributed by atoms with van der Waals surface area (Å²) in [6.45, 7) is 6.32. The number of ether oxygens (including phenoxy) is 1. The van der Waals surface area contributed by atoms with Crippen LogP contribution in [0.1, 0.15) is 31.0 Å². The van der Waals surface area contributed by atoms with E-state index in [2.05, 4.69) is 36.5 Å². The summed E-state index contributed by atoms with van der Waals surface area (Å²) < 4.78 is 5.17. The van der Waals surface area contributed by atoms with Gasteiger partial charge in [-0.25, -0.2) is 0 Å². The van der Waals surface area contributed by atoms with Crippen LogP contribution in [-0.2, 0) is 16.0 Å². The van der Waals surface area contributed by atoms with Gasteiger partial charge >= 0.3 is 0 Å². The van der Waals surface area contributed by atoms with Crippen molar-refractivity contribution in [3.8, 4) is 0 Å². The Labute approximate surface area is 121 Å². The molecule has 1 N–H and O–H groups in total. The molecule has 1 aliphatic heterocycles. The van der Waals surface area contributed by atoms with Crippen LogP contribution < -0.4 is 5.32 Å². The third-order valence-electron chi connectivity index (χ3n) is 4.00. The maximum atomic E-state index is 12.4. The van der Waals surface area contributed by atoms with Crippen molar-refractivity contribution in [1.29, 1.82) is 0 Å². The monoisotopic (exact) mass is 276 g/mol.